The van der Waals surface area contributed by atoms with Crippen molar-refractivity contribution < 1.29 is 13.9 Å². The predicted molar refractivity (Wildman–Crippen MR) is 73.8 cm³/mol. The summed E-state index contributed by atoms with van der Waals surface area (Å²) in [6.45, 7) is 0.310. The van der Waals surface area contributed by atoms with Gasteiger partial charge in [0.1, 0.15) is 11.9 Å². The molecule has 1 fully saturated rings. The second kappa shape index (κ2) is 5.66. The van der Waals surface area contributed by atoms with Crippen molar-refractivity contribution in [2.45, 2.75) is 18.6 Å². The number of nitrogens with zero attached hydrogens (tertiary/aromatic N) is 4. The third kappa shape index (κ3) is 2.61. The molecule has 0 bridgehead atoms. The summed E-state index contributed by atoms with van der Waals surface area (Å²) in [5, 5.41) is 18.6. The lowest BCUT2D eigenvalue weighted by Crippen LogP contribution is -2.25. The summed E-state index contributed by atoms with van der Waals surface area (Å²) in [5.74, 6) is -1.36. The molecule has 1 aliphatic rings. The minimum Gasteiger partial charge on any atom is -0.391 e. The van der Waals surface area contributed by atoms with Crippen LogP contribution in [0.2, 0.25) is 0 Å². The number of rotatable bonds is 2. The topological polar surface area (TPSA) is 73.0 Å². The quantitative estimate of drug-likeness (QED) is 0.917. The Morgan fingerprint density at radius 3 is 2.68 bits per heavy atom. The highest BCUT2D eigenvalue weighted by Gasteiger charge is 2.33. The highest BCUT2D eigenvalue weighted by Crippen LogP contribution is 2.35. The molecule has 1 saturated heterocycles. The molecule has 22 heavy (non-hydrogen) atoms. The summed E-state index contributed by atoms with van der Waals surface area (Å²) in [7, 11) is 0. The van der Waals surface area contributed by atoms with Gasteiger partial charge in [0.25, 0.3) is 0 Å². The maximum Gasteiger partial charge on any atom is 0.159 e. The van der Waals surface area contributed by atoms with Gasteiger partial charge in [0.05, 0.1) is 24.5 Å². The SMILES string of the molecule is N#Cc1cnc(N2CC(O)CC2c2ccc(F)c(F)c2)cn1. The Bertz CT molecular complexity index is 729. The molecule has 1 aliphatic heterocycles. The third-order valence-electron chi connectivity index (χ3n) is 3.65. The Labute approximate surface area is 125 Å². The first kappa shape index (κ1) is 14.4. The smallest absolute Gasteiger partial charge is 0.159 e. The number of aliphatic hydroxyl groups excluding tert-OH is 1. The van der Waals surface area contributed by atoms with E-state index in [9.17, 15) is 13.9 Å². The van der Waals surface area contributed by atoms with Gasteiger partial charge in [0, 0.05) is 6.54 Å². The summed E-state index contributed by atoms with van der Waals surface area (Å²) in [4.78, 5) is 9.86. The van der Waals surface area contributed by atoms with Crippen LogP contribution in [0.3, 0.4) is 0 Å². The van der Waals surface area contributed by atoms with Gasteiger partial charge in [0.2, 0.25) is 0 Å². The van der Waals surface area contributed by atoms with E-state index in [0.717, 1.165) is 12.1 Å². The Morgan fingerprint density at radius 2 is 2.05 bits per heavy atom. The first-order valence-electron chi connectivity index (χ1n) is 6.70. The number of halogens is 2. The van der Waals surface area contributed by atoms with E-state index in [1.54, 1.807) is 4.90 Å². The van der Waals surface area contributed by atoms with Crippen LogP contribution in [-0.2, 0) is 0 Å². The summed E-state index contributed by atoms with van der Waals surface area (Å²) >= 11 is 0. The molecule has 2 aromatic rings. The van der Waals surface area contributed by atoms with Crippen LogP contribution >= 0.6 is 0 Å². The number of benzene rings is 1. The zero-order valence-electron chi connectivity index (χ0n) is 11.4. The van der Waals surface area contributed by atoms with E-state index in [1.165, 1.54) is 18.5 Å². The summed E-state index contributed by atoms with van der Waals surface area (Å²) in [5.41, 5.74) is 0.745. The average Bonchev–Trinajstić information content (AvgIpc) is 2.92. The number of anilines is 1. The van der Waals surface area contributed by atoms with Gasteiger partial charge in [-0.3, -0.25) is 0 Å². The molecular weight excluding hydrogens is 290 g/mol. The average molecular weight is 302 g/mol. The molecule has 0 amide bonds. The van der Waals surface area contributed by atoms with Gasteiger partial charge in [-0.2, -0.15) is 5.26 Å². The fourth-order valence-corrected chi connectivity index (χ4v) is 2.63. The molecule has 2 heterocycles. The summed E-state index contributed by atoms with van der Waals surface area (Å²) in [6.07, 6.45) is 2.55. The van der Waals surface area contributed by atoms with Gasteiger partial charge >= 0.3 is 0 Å². The van der Waals surface area contributed by atoms with Crippen LogP contribution in [0, 0.1) is 23.0 Å². The Balaban J connectivity index is 1.94. The van der Waals surface area contributed by atoms with E-state index in [4.69, 9.17) is 5.26 Å². The van der Waals surface area contributed by atoms with Crippen molar-refractivity contribution in [3.63, 3.8) is 0 Å². The Hall–Kier alpha value is -2.59. The largest absolute Gasteiger partial charge is 0.391 e. The van der Waals surface area contributed by atoms with E-state index >= 15 is 0 Å². The zero-order chi connectivity index (χ0) is 15.7. The molecule has 0 radical (unpaired) electrons. The number of aliphatic hydroxyl groups is 1. The summed E-state index contributed by atoms with van der Waals surface area (Å²) in [6, 6.07) is 5.24. The minimum absolute atomic E-state index is 0.188. The van der Waals surface area contributed by atoms with Crippen molar-refractivity contribution in [1.82, 2.24) is 9.97 Å². The van der Waals surface area contributed by atoms with Crippen molar-refractivity contribution in [1.29, 1.82) is 5.26 Å². The first-order chi connectivity index (χ1) is 10.6. The molecule has 0 saturated carbocycles. The molecule has 5 nitrogen and oxygen atoms in total. The molecule has 3 rings (SSSR count). The second-order valence-electron chi connectivity index (χ2n) is 5.10. The molecule has 1 N–H and O–H groups in total. The Kier molecular flexibility index (Phi) is 3.69. The second-order valence-corrected chi connectivity index (χ2v) is 5.10. The minimum atomic E-state index is -0.926. The van der Waals surface area contributed by atoms with Crippen LogP contribution in [0.5, 0.6) is 0 Å². The molecular formula is C15H12F2N4O. The molecule has 2 unspecified atom stereocenters. The van der Waals surface area contributed by atoms with Crippen molar-refractivity contribution in [2.24, 2.45) is 0 Å². The van der Waals surface area contributed by atoms with Crippen molar-refractivity contribution >= 4 is 5.82 Å². The van der Waals surface area contributed by atoms with Gasteiger partial charge in [0.15, 0.2) is 17.3 Å². The maximum absolute atomic E-state index is 13.4. The summed E-state index contributed by atoms with van der Waals surface area (Å²) < 4.78 is 26.5. The molecule has 0 aliphatic carbocycles. The molecule has 1 aromatic carbocycles. The fourth-order valence-electron chi connectivity index (χ4n) is 2.63. The van der Waals surface area contributed by atoms with E-state index in [1.807, 2.05) is 6.07 Å². The van der Waals surface area contributed by atoms with Crippen LogP contribution in [0.15, 0.2) is 30.6 Å². The third-order valence-corrected chi connectivity index (χ3v) is 3.65. The van der Waals surface area contributed by atoms with Gasteiger partial charge in [-0.25, -0.2) is 18.7 Å². The van der Waals surface area contributed by atoms with Crippen LogP contribution in [0.4, 0.5) is 14.6 Å². The van der Waals surface area contributed by atoms with Crippen LogP contribution < -0.4 is 4.90 Å². The van der Waals surface area contributed by atoms with Crippen molar-refractivity contribution in [3.8, 4) is 6.07 Å². The molecule has 0 spiro atoms. The fraction of sp³-hybridized carbons (Fsp3) is 0.267. The predicted octanol–water partition coefficient (Wildman–Crippen LogP) is 1.94. The monoisotopic (exact) mass is 302 g/mol. The van der Waals surface area contributed by atoms with Crippen LogP contribution in [-0.4, -0.2) is 27.7 Å². The number of hydrogen-bond acceptors (Lipinski definition) is 5. The van der Waals surface area contributed by atoms with E-state index in [0.29, 0.717) is 24.3 Å². The van der Waals surface area contributed by atoms with E-state index < -0.39 is 17.7 Å². The molecule has 112 valence electrons. The van der Waals surface area contributed by atoms with E-state index in [-0.39, 0.29) is 11.7 Å². The number of hydrogen-bond donors (Lipinski definition) is 1. The van der Waals surface area contributed by atoms with Gasteiger partial charge < -0.3 is 10.0 Å². The normalized spacial score (nSPS) is 20.9. The van der Waals surface area contributed by atoms with Crippen LogP contribution in [0.1, 0.15) is 23.7 Å². The van der Waals surface area contributed by atoms with Crippen molar-refractivity contribution in [3.05, 3.63) is 53.5 Å². The lowest BCUT2D eigenvalue weighted by atomic mass is 10.0. The highest BCUT2D eigenvalue weighted by atomic mass is 19.2. The first-order valence-corrected chi connectivity index (χ1v) is 6.70. The Morgan fingerprint density at radius 1 is 1.23 bits per heavy atom. The highest BCUT2D eigenvalue weighted by molar-refractivity contribution is 5.44. The van der Waals surface area contributed by atoms with Gasteiger partial charge in [-0.15, -0.1) is 0 Å². The lowest BCUT2D eigenvalue weighted by Gasteiger charge is -2.25. The maximum atomic E-state index is 13.4. The van der Waals surface area contributed by atoms with Gasteiger partial charge in [-0.05, 0) is 24.1 Å². The lowest BCUT2D eigenvalue weighted by molar-refractivity contribution is 0.194. The number of β-amino-alcohol motifs (C(OH)–C–C–N with tert-alkyl or cyclic N) is 1. The molecule has 2 atom stereocenters. The van der Waals surface area contributed by atoms with E-state index in [2.05, 4.69) is 9.97 Å². The molecule has 7 heteroatoms. The number of nitriles is 1. The zero-order valence-corrected chi connectivity index (χ0v) is 11.4. The number of aromatic nitrogens is 2. The van der Waals surface area contributed by atoms with Crippen molar-refractivity contribution in [2.75, 3.05) is 11.4 Å². The van der Waals surface area contributed by atoms with Gasteiger partial charge in [-0.1, -0.05) is 6.07 Å². The standard InChI is InChI=1S/C15H12F2N4O/c16-12-2-1-9(3-13(12)17)14-4-11(22)8-21(14)15-7-19-10(5-18)6-20-15/h1-3,6-7,11,14,22H,4,8H2. The molecule has 1 aromatic heterocycles. The van der Waals surface area contributed by atoms with Crippen LogP contribution in [0.25, 0.3) is 0 Å².